The van der Waals surface area contributed by atoms with Gasteiger partial charge in [0.05, 0.1) is 6.61 Å². The van der Waals surface area contributed by atoms with E-state index in [1.165, 1.54) is 0 Å². The van der Waals surface area contributed by atoms with E-state index in [9.17, 15) is 4.79 Å². The van der Waals surface area contributed by atoms with E-state index in [0.29, 0.717) is 36.8 Å². The van der Waals surface area contributed by atoms with Crippen molar-refractivity contribution in [3.05, 3.63) is 54.4 Å². The van der Waals surface area contributed by atoms with Crippen molar-refractivity contribution in [2.45, 2.75) is 6.92 Å². The minimum Gasteiger partial charge on any atom is -0.491 e. The average Bonchev–Trinajstić information content (AvgIpc) is 2.53. The van der Waals surface area contributed by atoms with Crippen molar-refractivity contribution < 1.29 is 14.3 Å². The van der Waals surface area contributed by atoms with Crippen LogP contribution >= 0.6 is 0 Å². The standard InChI is InChI=1S/C16H18N2O3/c1-2-20-10-11-21-15-5-3-4-14(12-15)18-16(19)13-6-8-17-9-7-13/h3-9,12H,2,10-11H2,1H3,(H,18,19). The molecule has 5 nitrogen and oxygen atoms in total. The lowest BCUT2D eigenvalue weighted by atomic mass is 10.2. The van der Waals surface area contributed by atoms with Crippen LogP contribution in [-0.2, 0) is 4.74 Å². The maximum atomic E-state index is 12.0. The number of hydrogen-bond donors (Lipinski definition) is 1. The van der Waals surface area contributed by atoms with Crippen molar-refractivity contribution in [3.8, 4) is 5.75 Å². The Labute approximate surface area is 123 Å². The summed E-state index contributed by atoms with van der Waals surface area (Å²) in [5.41, 5.74) is 1.25. The SMILES string of the molecule is CCOCCOc1cccc(NC(=O)c2ccncc2)c1. The van der Waals surface area contributed by atoms with Crippen molar-refractivity contribution in [1.82, 2.24) is 4.98 Å². The fraction of sp³-hybridized carbons (Fsp3) is 0.250. The molecule has 1 amide bonds. The summed E-state index contributed by atoms with van der Waals surface area (Å²) in [4.78, 5) is 15.9. The lowest BCUT2D eigenvalue weighted by Crippen LogP contribution is -2.12. The second-order valence-electron chi connectivity index (χ2n) is 4.26. The number of pyridine rings is 1. The van der Waals surface area contributed by atoms with E-state index >= 15 is 0 Å². The minimum atomic E-state index is -0.177. The van der Waals surface area contributed by atoms with Gasteiger partial charge >= 0.3 is 0 Å². The molecule has 1 aromatic carbocycles. The number of benzene rings is 1. The van der Waals surface area contributed by atoms with Crippen LogP contribution in [0.4, 0.5) is 5.69 Å². The summed E-state index contributed by atoms with van der Waals surface area (Å²) in [7, 11) is 0. The van der Waals surface area contributed by atoms with Crippen LogP contribution in [-0.4, -0.2) is 30.7 Å². The molecule has 0 saturated heterocycles. The van der Waals surface area contributed by atoms with Gasteiger partial charge in [0.2, 0.25) is 0 Å². The van der Waals surface area contributed by atoms with Gasteiger partial charge in [-0.2, -0.15) is 0 Å². The lowest BCUT2D eigenvalue weighted by Gasteiger charge is -2.09. The van der Waals surface area contributed by atoms with Crippen LogP contribution in [0.1, 0.15) is 17.3 Å². The molecule has 5 heteroatoms. The number of amides is 1. The topological polar surface area (TPSA) is 60.5 Å². The van der Waals surface area contributed by atoms with E-state index in [4.69, 9.17) is 9.47 Å². The van der Waals surface area contributed by atoms with Crippen molar-refractivity contribution in [3.63, 3.8) is 0 Å². The predicted molar refractivity (Wildman–Crippen MR) is 80.6 cm³/mol. The van der Waals surface area contributed by atoms with E-state index in [0.717, 1.165) is 0 Å². The number of carbonyl (C=O) groups excluding carboxylic acids is 1. The number of ether oxygens (including phenoxy) is 2. The van der Waals surface area contributed by atoms with Gasteiger partial charge in [0.15, 0.2) is 0 Å². The molecule has 0 fully saturated rings. The molecule has 0 saturated carbocycles. The summed E-state index contributed by atoms with van der Waals surface area (Å²) in [6.07, 6.45) is 3.17. The molecule has 1 heterocycles. The molecule has 0 spiro atoms. The first-order valence-electron chi connectivity index (χ1n) is 6.81. The third-order valence-corrected chi connectivity index (χ3v) is 2.73. The Bertz CT molecular complexity index is 573. The number of rotatable bonds is 7. The lowest BCUT2D eigenvalue weighted by molar-refractivity contribution is 0.102. The zero-order chi connectivity index (χ0) is 14.9. The molecule has 110 valence electrons. The summed E-state index contributed by atoms with van der Waals surface area (Å²) in [5, 5.41) is 2.82. The zero-order valence-corrected chi connectivity index (χ0v) is 11.9. The average molecular weight is 286 g/mol. The molecule has 0 unspecified atom stereocenters. The highest BCUT2D eigenvalue weighted by molar-refractivity contribution is 6.04. The smallest absolute Gasteiger partial charge is 0.255 e. The number of nitrogens with one attached hydrogen (secondary N) is 1. The van der Waals surface area contributed by atoms with Crippen LogP contribution in [0.3, 0.4) is 0 Å². The largest absolute Gasteiger partial charge is 0.491 e. The van der Waals surface area contributed by atoms with Gasteiger partial charge in [-0.15, -0.1) is 0 Å². The van der Waals surface area contributed by atoms with Gasteiger partial charge in [-0.3, -0.25) is 9.78 Å². The van der Waals surface area contributed by atoms with Crippen molar-refractivity contribution in [2.75, 3.05) is 25.1 Å². The minimum absolute atomic E-state index is 0.177. The maximum absolute atomic E-state index is 12.0. The van der Waals surface area contributed by atoms with E-state index in [1.54, 1.807) is 30.6 Å². The van der Waals surface area contributed by atoms with Crippen molar-refractivity contribution in [1.29, 1.82) is 0 Å². The molecule has 2 aromatic rings. The third-order valence-electron chi connectivity index (χ3n) is 2.73. The van der Waals surface area contributed by atoms with E-state index < -0.39 is 0 Å². The zero-order valence-electron chi connectivity index (χ0n) is 11.9. The summed E-state index contributed by atoms with van der Waals surface area (Å²) < 4.78 is 10.8. The molecule has 1 N–H and O–H groups in total. The Kier molecular flexibility index (Phi) is 5.72. The fourth-order valence-corrected chi connectivity index (χ4v) is 1.73. The molecule has 0 aliphatic carbocycles. The molecular formula is C16H18N2O3. The molecular weight excluding hydrogens is 268 g/mol. The molecule has 0 aliphatic heterocycles. The summed E-state index contributed by atoms with van der Waals surface area (Å²) >= 11 is 0. The summed E-state index contributed by atoms with van der Waals surface area (Å²) in [6, 6.07) is 10.6. The summed E-state index contributed by atoms with van der Waals surface area (Å²) in [5.74, 6) is 0.520. The molecule has 1 aromatic heterocycles. The van der Waals surface area contributed by atoms with Crippen LogP contribution in [0.15, 0.2) is 48.8 Å². The van der Waals surface area contributed by atoms with Gasteiger partial charge < -0.3 is 14.8 Å². The molecule has 0 atom stereocenters. The van der Waals surface area contributed by atoms with Gasteiger partial charge in [0.25, 0.3) is 5.91 Å². The Hall–Kier alpha value is -2.40. The van der Waals surface area contributed by atoms with Gasteiger partial charge in [-0.25, -0.2) is 0 Å². The number of aromatic nitrogens is 1. The Morgan fingerprint density at radius 3 is 2.76 bits per heavy atom. The Morgan fingerprint density at radius 1 is 1.19 bits per heavy atom. The van der Waals surface area contributed by atoms with Crippen molar-refractivity contribution in [2.24, 2.45) is 0 Å². The van der Waals surface area contributed by atoms with Crippen LogP contribution in [0.25, 0.3) is 0 Å². The van der Waals surface area contributed by atoms with Crippen LogP contribution in [0, 0.1) is 0 Å². The van der Waals surface area contributed by atoms with Crippen LogP contribution in [0.5, 0.6) is 5.75 Å². The highest BCUT2D eigenvalue weighted by Crippen LogP contribution is 2.18. The van der Waals surface area contributed by atoms with Crippen molar-refractivity contribution >= 4 is 11.6 Å². The number of nitrogens with zero attached hydrogens (tertiary/aromatic N) is 1. The van der Waals surface area contributed by atoms with Gasteiger partial charge in [-0.1, -0.05) is 6.07 Å². The molecule has 21 heavy (non-hydrogen) atoms. The van der Waals surface area contributed by atoms with E-state index in [-0.39, 0.29) is 5.91 Å². The Morgan fingerprint density at radius 2 is 2.00 bits per heavy atom. The fourth-order valence-electron chi connectivity index (χ4n) is 1.73. The van der Waals surface area contributed by atoms with Gasteiger partial charge in [0.1, 0.15) is 12.4 Å². The first-order chi connectivity index (χ1) is 10.3. The highest BCUT2D eigenvalue weighted by atomic mass is 16.5. The maximum Gasteiger partial charge on any atom is 0.255 e. The van der Waals surface area contributed by atoms with E-state index in [1.807, 2.05) is 25.1 Å². The number of anilines is 1. The quantitative estimate of drug-likeness (QED) is 0.795. The van der Waals surface area contributed by atoms with Crippen LogP contribution < -0.4 is 10.1 Å². The second-order valence-corrected chi connectivity index (χ2v) is 4.26. The molecule has 0 bridgehead atoms. The predicted octanol–water partition coefficient (Wildman–Crippen LogP) is 2.75. The normalized spacial score (nSPS) is 10.1. The first-order valence-corrected chi connectivity index (χ1v) is 6.81. The third kappa shape index (κ3) is 4.89. The monoisotopic (exact) mass is 286 g/mol. The second kappa shape index (κ2) is 8.01. The number of hydrogen-bond acceptors (Lipinski definition) is 4. The highest BCUT2D eigenvalue weighted by Gasteiger charge is 2.05. The molecule has 2 rings (SSSR count). The first kappa shape index (κ1) is 15.0. The summed E-state index contributed by atoms with van der Waals surface area (Å²) in [6.45, 7) is 3.64. The van der Waals surface area contributed by atoms with E-state index in [2.05, 4.69) is 10.3 Å². The number of carbonyl (C=O) groups is 1. The van der Waals surface area contributed by atoms with Gasteiger partial charge in [0, 0.05) is 36.3 Å². The van der Waals surface area contributed by atoms with Crippen LogP contribution in [0.2, 0.25) is 0 Å². The Balaban J connectivity index is 1.93. The molecule has 0 aliphatic rings. The van der Waals surface area contributed by atoms with Gasteiger partial charge in [-0.05, 0) is 31.2 Å². The molecule has 0 radical (unpaired) electrons.